The fourth-order valence-electron chi connectivity index (χ4n) is 3.91. The van der Waals surface area contributed by atoms with Gasteiger partial charge >= 0.3 is 5.97 Å². The van der Waals surface area contributed by atoms with Gasteiger partial charge in [0.2, 0.25) is 0 Å². The van der Waals surface area contributed by atoms with Crippen LogP contribution < -0.4 is 0 Å². The van der Waals surface area contributed by atoms with Crippen LogP contribution in [-0.4, -0.2) is 41.1 Å². The fraction of sp³-hybridized carbons (Fsp3) is 0.143. The van der Waals surface area contributed by atoms with E-state index in [4.69, 9.17) is 4.98 Å². The van der Waals surface area contributed by atoms with E-state index in [0.717, 1.165) is 39.2 Å². The molecule has 0 radical (unpaired) electrons. The molecule has 5 rings (SSSR count). The van der Waals surface area contributed by atoms with E-state index in [1.54, 1.807) is 0 Å². The zero-order valence-electron chi connectivity index (χ0n) is 20.1. The Morgan fingerprint density at radius 1 is 0.919 bits per heavy atom. The third-order valence-corrected chi connectivity index (χ3v) is 7.90. The van der Waals surface area contributed by atoms with Gasteiger partial charge in [-0.05, 0) is 18.6 Å². The van der Waals surface area contributed by atoms with E-state index < -0.39 is 11.2 Å². The highest BCUT2D eigenvalue weighted by Crippen LogP contribution is 2.34. The highest BCUT2D eigenvalue weighted by atomic mass is 32.2. The molecule has 9 heteroatoms. The standard InChI is InChI=1S/C28H25N5O2S2/c1-2-22(26(34)35)37-28-32-31-23(33(28)21-16-10-5-11-17-21)18-36-27-29-24(19-12-6-3-7-13-19)25(30-27)20-14-8-4-9-15-20/h3-17,22H,2,18H2,1H3,(H,29,30)(H,34,35). The zero-order valence-corrected chi connectivity index (χ0v) is 21.7. The second-order valence-corrected chi connectivity index (χ2v) is 10.3. The number of carbonyl (C=O) groups is 1. The summed E-state index contributed by atoms with van der Waals surface area (Å²) in [5.41, 5.74) is 4.84. The number of aromatic amines is 1. The van der Waals surface area contributed by atoms with Crippen LogP contribution in [0.1, 0.15) is 19.2 Å². The van der Waals surface area contributed by atoms with Crippen LogP contribution in [0.4, 0.5) is 0 Å². The molecule has 1 atom stereocenters. The van der Waals surface area contributed by atoms with Gasteiger partial charge in [-0.1, -0.05) is 109 Å². The molecule has 0 saturated heterocycles. The number of benzene rings is 3. The maximum absolute atomic E-state index is 11.7. The van der Waals surface area contributed by atoms with Crippen LogP contribution in [0.15, 0.2) is 101 Å². The van der Waals surface area contributed by atoms with Gasteiger partial charge in [-0.2, -0.15) is 0 Å². The van der Waals surface area contributed by atoms with E-state index >= 15 is 0 Å². The minimum absolute atomic E-state index is 0.489. The lowest BCUT2D eigenvalue weighted by Crippen LogP contribution is -2.16. The lowest BCUT2D eigenvalue weighted by molar-refractivity contribution is -0.136. The number of H-pyrrole nitrogens is 1. The van der Waals surface area contributed by atoms with Crippen LogP contribution in [0, 0.1) is 0 Å². The number of nitrogens with zero attached hydrogens (tertiary/aromatic N) is 4. The van der Waals surface area contributed by atoms with Gasteiger partial charge in [0, 0.05) is 16.8 Å². The molecule has 0 saturated carbocycles. The first-order valence-corrected chi connectivity index (χ1v) is 13.7. The number of para-hydroxylation sites is 1. The molecule has 0 amide bonds. The van der Waals surface area contributed by atoms with E-state index in [9.17, 15) is 9.90 Å². The Balaban J connectivity index is 1.47. The number of nitrogens with one attached hydrogen (secondary N) is 1. The SMILES string of the molecule is CCC(Sc1nnc(CSc2nc(-c3ccccc3)c(-c3ccccc3)[nH]2)n1-c1ccccc1)C(=O)O. The van der Waals surface area contributed by atoms with Crippen molar-refractivity contribution in [3.05, 3.63) is 96.8 Å². The second-order valence-electron chi connectivity index (χ2n) is 8.21. The molecule has 0 aliphatic heterocycles. The molecule has 0 aliphatic rings. The number of aliphatic carboxylic acids is 1. The largest absolute Gasteiger partial charge is 0.480 e. The first kappa shape index (κ1) is 24.9. The highest BCUT2D eigenvalue weighted by Gasteiger charge is 2.23. The number of carboxylic acids is 1. The molecule has 7 nitrogen and oxygen atoms in total. The first-order valence-electron chi connectivity index (χ1n) is 11.9. The molecule has 2 aromatic heterocycles. The Morgan fingerprint density at radius 2 is 1.54 bits per heavy atom. The molecular weight excluding hydrogens is 502 g/mol. The van der Waals surface area contributed by atoms with Gasteiger partial charge in [0.15, 0.2) is 10.3 Å². The molecular formula is C28H25N5O2S2. The van der Waals surface area contributed by atoms with Crippen molar-refractivity contribution in [1.29, 1.82) is 0 Å². The summed E-state index contributed by atoms with van der Waals surface area (Å²) in [6.07, 6.45) is 0.489. The quantitative estimate of drug-likeness (QED) is 0.198. The third kappa shape index (κ3) is 5.63. The van der Waals surface area contributed by atoms with E-state index in [1.165, 1.54) is 23.5 Å². The molecule has 37 heavy (non-hydrogen) atoms. The molecule has 2 N–H and O–H groups in total. The highest BCUT2D eigenvalue weighted by molar-refractivity contribution is 8.00. The van der Waals surface area contributed by atoms with Gasteiger partial charge in [0.05, 0.1) is 17.1 Å². The van der Waals surface area contributed by atoms with Crippen molar-refractivity contribution in [2.45, 2.75) is 34.7 Å². The summed E-state index contributed by atoms with van der Waals surface area (Å²) >= 11 is 2.75. The number of aromatic nitrogens is 5. The predicted octanol–water partition coefficient (Wildman–Crippen LogP) is 6.57. The molecule has 0 spiro atoms. The summed E-state index contributed by atoms with van der Waals surface area (Å²) in [6.45, 7) is 1.86. The van der Waals surface area contributed by atoms with Gasteiger partial charge in [0.1, 0.15) is 11.1 Å². The van der Waals surface area contributed by atoms with Crippen molar-refractivity contribution in [3.63, 3.8) is 0 Å². The van der Waals surface area contributed by atoms with Crippen LogP contribution >= 0.6 is 23.5 Å². The summed E-state index contributed by atoms with van der Waals surface area (Å²) < 4.78 is 1.93. The lowest BCUT2D eigenvalue weighted by atomic mass is 10.1. The number of carboxylic acid groups (broad SMARTS) is 1. The van der Waals surface area contributed by atoms with Crippen molar-refractivity contribution in [3.8, 4) is 28.2 Å². The number of imidazole rings is 1. The smallest absolute Gasteiger partial charge is 0.317 e. The van der Waals surface area contributed by atoms with Crippen molar-refractivity contribution < 1.29 is 9.90 Å². The molecule has 186 valence electrons. The summed E-state index contributed by atoms with van der Waals surface area (Å²) in [4.78, 5) is 20.1. The topological polar surface area (TPSA) is 96.7 Å². The third-order valence-electron chi connectivity index (χ3n) is 5.74. The normalized spacial score (nSPS) is 11.9. The van der Waals surface area contributed by atoms with E-state index in [1.807, 2.05) is 78.2 Å². The fourth-order valence-corrected chi connectivity index (χ4v) is 5.62. The average molecular weight is 528 g/mol. The van der Waals surface area contributed by atoms with Crippen molar-refractivity contribution in [1.82, 2.24) is 24.7 Å². The molecule has 0 fully saturated rings. The summed E-state index contributed by atoms with van der Waals surface area (Å²) in [6, 6.07) is 30.0. The summed E-state index contributed by atoms with van der Waals surface area (Å²) in [5.74, 6) is 0.365. The molecule has 2 heterocycles. The number of thioether (sulfide) groups is 2. The number of hydrogen-bond donors (Lipinski definition) is 2. The van der Waals surface area contributed by atoms with E-state index in [0.29, 0.717) is 17.3 Å². The van der Waals surface area contributed by atoms with E-state index in [2.05, 4.69) is 39.4 Å². The molecule has 1 unspecified atom stereocenters. The van der Waals surface area contributed by atoms with Crippen molar-refractivity contribution in [2.24, 2.45) is 0 Å². The van der Waals surface area contributed by atoms with Crippen molar-refractivity contribution in [2.75, 3.05) is 0 Å². The van der Waals surface area contributed by atoms with Gasteiger partial charge < -0.3 is 10.1 Å². The van der Waals surface area contributed by atoms with Crippen LogP contribution in [-0.2, 0) is 10.5 Å². The minimum Gasteiger partial charge on any atom is -0.480 e. The van der Waals surface area contributed by atoms with Gasteiger partial charge in [-0.15, -0.1) is 10.2 Å². The van der Waals surface area contributed by atoms with Crippen LogP contribution in [0.2, 0.25) is 0 Å². The summed E-state index contributed by atoms with van der Waals surface area (Å²) in [7, 11) is 0. The Kier molecular flexibility index (Phi) is 7.72. The number of hydrogen-bond acceptors (Lipinski definition) is 6. The maximum atomic E-state index is 11.7. The average Bonchev–Trinajstić information content (AvgIpc) is 3.56. The Labute approximate surface area is 223 Å². The molecule has 3 aromatic carbocycles. The second kappa shape index (κ2) is 11.5. The Bertz CT molecular complexity index is 1410. The Morgan fingerprint density at radius 3 is 2.16 bits per heavy atom. The van der Waals surface area contributed by atoms with Gasteiger partial charge in [-0.25, -0.2) is 4.98 Å². The summed E-state index contributed by atoms with van der Waals surface area (Å²) in [5, 5.41) is 19.1. The zero-order chi connectivity index (χ0) is 25.6. The van der Waals surface area contributed by atoms with Crippen molar-refractivity contribution >= 4 is 29.5 Å². The minimum atomic E-state index is -0.858. The first-order chi connectivity index (χ1) is 18.1. The monoisotopic (exact) mass is 527 g/mol. The van der Waals surface area contributed by atoms with Crippen LogP contribution in [0.3, 0.4) is 0 Å². The van der Waals surface area contributed by atoms with Crippen LogP contribution in [0.25, 0.3) is 28.2 Å². The molecule has 5 aromatic rings. The van der Waals surface area contributed by atoms with Crippen LogP contribution in [0.5, 0.6) is 0 Å². The lowest BCUT2D eigenvalue weighted by Gasteiger charge is -2.12. The number of rotatable bonds is 10. The Hall–Kier alpha value is -3.82. The van der Waals surface area contributed by atoms with E-state index in [-0.39, 0.29) is 0 Å². The maximum Gasteiger partial charge on any atom is 0.317 e. The predicted molar refractivity (Wildman–Crippen MR) is 148 cm³/mol. The molecule has 0 aliphatic carbocycles. The van der Waals surface area contributed by atoms with Gasteiger partial charge in [0.25, 0.3) is 0 Å². The molecule has 0 bridgehead atoms. The van der Waals surface area contributed by atoms with Gasteiger partial charge in [-0.3, -0.25) is 9.36 Å².